The molecule has 0 atom stereocenters. The third-order valence-electron chi connectivity index (χ3n) is 0.786. The van der Waals surface area contributed by atoms with Crippen molar-refractivity contribution in [2.75, 3.05) is 6.54 Å². The van der Waals surface area contributed by atoms with Crippen LogP contribution in [-0.2, 0) is 9.53 Å². The maximum Gasteiger partial charge on any atom is 0.328 e. The lowest BCUT2D eigenvalue weighted by Crippen LogP contribution is -2.25. The molecule has 0 N–H and O–H groups in total. The van der Waals surface area contributed by atoms with Crippen LogP contribution >= 0.6 is 0 Å². The number of rotatable bonds is 2. The van der Waals surface area contributed by atoms with Crippen LogP contribution in [0.5, 0.6) is 0 Å². The van der Waals surface area contributed by atoms with Crippen LogP contribution in [0.1, 0.15) is 42.7 Å². The number of nitrogens with zero attached hydrogens (tertiary/aromatic N) is 1. The molecule has 0 rings (SSSR count). The Labute approximate surface area is 82.3 Å². The summed E-state index contributed by atoms with van der Waals surface area (Å²) >= 11 is 0. The van der Waals surface area contributed by atoms with Crippen LogP contribution in [0.15, 0.2) is 4.99 Å². The third-order valence-corrected chi connectivity index (χ3v) is 0.786. The molecular formula is C9H17NO2. The zero-order chi connectivity index (χ0) is 14.8. The molecule has 0 amide bonds. The fraction of sp³-hybridized carbons (Fsp3) is 0.778. The smallest absolute Gasteiger partial charge is 0.328 e. The molecule has 3 nitrogen and oxygen atoms in total. The van der Waals surface area contributed by atoms with E-state index >= 15 is 0 Å². The van der Waals surface area contributed by atoms with Crippen LogP contribution in [0.2, 0.25) is 0 Å². The molecule has 0 aromatic carbocycles. The first-order valence-corrected chi connectivity index (χ1v) is 3.51. The highest BCUT2D eigenvalue weighted by Gasteiger charge is 2.15. The number of esters is 1. The van der Waals surface area contributed by atoms with Crippen molar-refractivity contribution < 1.29 is 17.8 Å². The van der Waals surface area contributed by atoms with Crippen molar-refractivity contribution in [2.45, 2.75) is 40.1 Å². The van der Waals surface area contributed by atoms with E-state index in [1.165, 1.54) is 0 Å². The quantitative estimate of drug-likeness (QED) is 0.476. The van der Waals surface area contributed by atoms with Gasteiger partial charge in [-0.15, -0.1) is 0 Å². The molecule has 0 spiro atoms. The molecule has 0 heterocycles. The summed E-state index contributed by atoms with van der Waals surface area (Å²) < 4.78 is 47.3. The van der Waals surface area contributed by atoms with Gasteiger partial charge in [0, 0.05) is 13.9 Å². The van der Waals surface area contributed by atoms with Gasteiger partial charge >= 0.3 is 5.97 Å². The SMILES string of the molecule is [2H]C([2H])([2H])C(=NCC(=O)OC(C)(C)C)C([2H])([2H])[2H]. The maximum atomic E-state index is 11.3. The predicted molar refractivity (Wildman–Crippen MR) is 49.5 cm³/mol. The van der Waals surface area contributed by atoms with E-state index < -0.39 is 37.5 Å². The van der Waals surface area contributed by atoms with Crippen molar-refractivity contribution in [3.8, 4) is 0 Å². The number of ether oxygens (including phenoxy) is 1. The summed E-state index contributed by atoms with van der Waals surface area (Å²) in [4.78, 5) is 14.7. The third kappa shape index (κ3) is 7.25. The summed E-state index contributed by atoms with van der Waals surface area (Å²) in [6, 6.07) is 0. The molecule has 0 fully saturated rings. The molecule has 3 heteroatoms. The Hall–Kier alpha value is -0.860. The van der Waals surface area contributed by atoms with Crippen LogP contribution in [0, 0.1) is 0 Å². The van der Waals surface area contributed by atoms with Gasteiger partial charge in [-0.05, 0) is 34.5 Å². The minimum atomic E-state index is -2.85. The van der Waals surface area contributed by atoms with E-state index in [1.807, 2.05) is 0 Å². The second-order valence-electron chi connectivity index (χ2n) is 3.25. The van der Waals surface area contributed by atoms with Crippen molar-refractivity contribution in [1.29, 1.82) is 0 Å². The standard InChI is InChI=1S/C9H17NO2/c1-7(2)10-6-8(11)12-9(3,4)5/h6H2,1-5H3/i1D3,2D3. The zero-order valence-corrected chi connectivity index (χ0v) is 7.47. The molecule has 0 aromatic rings. The fourth-order valence-corrected chi connectivity index (χ4v) is 0.517. The molecule has 0 radical (unpaired) electrons. The average Bonchev–Trinajstić information content (AvgIpc) is 1.93. The highest BCUT2D eigenvalue weighted by Crippen LogP contribution is 2.06. The molecule has 0 saturated carbocycles. The lowest BCUT2D eigenvalue weighted by molar-refractivity contribution is -0.152. The first-order valence-electron chi connectivity index (χ1n) is 6.51. The number of aliphatic imine (C=N–C) groups is 1. The van der Waals surface area contributed by atoms with Gasteiger partial charge in [0.25, 0.3) is 0 Å². The highest BCUT2D eigenvalue weighted by molar-refractivity contribution is 5.82. The minimum absolute atomic E-state index is 0.622. The van der Waals surface area contributed by atoms with E-state index in [0.717, 1.165) is 0 Å². The van der Waals surface area contributed by atoms with Gasteiger partial charge < -0.3 is 4.74 Å². The lowest BCUT2D eigenvalue weighted by Gasteiger charge is -2.18. The molecule has 0 bridgehead atoms. The van der Waals surface area contributed by atoms with Crippen molar-refractivity contribution in [3.05, 3.63) is 0 Å². The first kappa shape index (κ1) is 4.40. The van der Waals surface area contributed by atoms with Crippen LogP contribution in [0.25, 0.3) is 0 Å². The summed E-state index contributed by atoms with van der Waals surface area (Å²) in [7, 11) is 0. The van der Waals surface area contributed by atoms with E-state index in [9.17, 15) is 4.79 Å². The van der Waals surface area contributed by atoms with Gasteiger partial charge in [-0.2, -0.15) is 0 Å². The molecule has 70 valence electrons. The zero-order valence-electron chi connectivity index (χ0n) is 13.5. The largest absolute Gasteiger partial charge is 0.459 e. The summed E-state index contributed by atoms with van der Waals surface area (Å²) in [5.74, 6) is -0.770. The number of carbonyl (C=O) groups excluding carboxylic acids is 1. The van der Waals surface area contributed by atoms with Gasteiger partial charge in [-0.3, -0.25) is 9.79 Å². The van der Waals surface area contributed by atoms with Crippen molar-refractivity contribution >= 4 is 11.7 Å². The highest BCUT2D eigenvalue weighted by atomic mass is 16.6. The molecule has 0 aliphatic carbocycles. The van der Waals surface area contributed by atoms with Crippen LogP contribution in [0.3, 0.4) is 0 Å². The molecule has 0 aromatic heterocycles. The van der Waals surface area contributed by atoms with E-state index in [2.05, 4.69) is 4.99 Å². The molecule has 0 saturated heterocycles. The van der Waals surface area contributed by atoms with E-state index in [1.54, 1.807) is 20.8 Å². The van der Waals surface area contributed by atoms with E-state index in [0.29, 0.717) is 0 Å². The summed E-state index contributed by atoms with van der Waals surface area (Å²) in [5, 5.41) is 0. The average molecular weight is 177 g/mol. The Kier molecular flexibility index (Phi) is 1.55. The van der Waals surface area contributed by atoms with Crippen LogP contribution in [0.4, 0.5) is 0 Å². The van der Waals surface area contributed by atoms with Gasteiger partial charge in [-0.25, -0.2) is 0 Å². The summed E-state index contributed by atoms with van der Waals surface area (Å²) in [6.07, 6.45) is 0. The number of carbonyl (C=O) groups is 1. The second-order valence-corrected chi connectivity index (χ2v) is 3.25. The number of hydrogen-bond acceptors (Lipinski definition) is 3. The first-order chi connectivity index (χ1) is 7.73. The van der Waals surface area contributed by atoms with Crippen molar-refractivity contribution in [1.82, 2.24) is 0 Å². The van der Waals surface area contributed by atoms with Crippen molar-refractivity contribution in [2.24, 2.45) is 4.99 Å². The Morgan fingerprint density at radius 1 is 1.50 bits per heavy atom. The molecule has 12 heavy (non-hydrogen) atoms. The minimum Gasteiger partial charge on any atom is -0.459 e. The summed E-state index contributed by atoms with van der Waals surface area (Å²) in [5.41, 5.74) is -1.69. The predicted octanol–water partition coefficient (Wildman–Crippen LogP) is 1.81. The molecular weight excluding hydrogens is 154 g/mol. The Morgan fingerprint density at radius 3 is 2.50 bits per heavy atom. The topological polar surface area (TPSA) is 38.7 Å². The molecule has 0 unspecified atom stereocenters. The maximum absolute atomic E-state index is 11.3. The van der Waals surface area contributed by atoms with Crippen molar-refractivity contribution in [3.63, 3.8) is 0 Å². The van der Waals surface area contributed by atoms with E-state index in [-0.39, 0.29) is 0 Å². The van der Waals surface area contributed by atoms with Gasteiger partial charge in [0.1, 0.15) is 12.1 Å². The van der Waals surface area contributed by atoms with Gasteiger partial charge in [0.15, 0.2) is 0 Å². The molecule has 0 aliphatic rings. The van der Waals surface area contributed by atoms with Gasteiger partial charge in [0.2, 0.25) is 0 Å². The van der Waals surface area contributed by atoms with Gasteiger partial charge in [-0.1, -0.05) is 0 Å². The second kappa shape index (κ2) is 4.24. The normalized spacial score (nSPS) is 20.2. The molecule has 0 aliphatic heterocycles. The fourth-order valence-electron chi connectivity index (χ4n) is 0.517. The summed E-state index contributed by atoms with van der Waals surface area (Å²) in [6.45, 7) is -1.40. The Morgan fingerprint density at radius 2 is 2.08 bits per heavy atom. The monoisotopic (exact) mass is 177 g/mol. The van der Waals surface area contributed by atoms with E-state index in [4.69, 9.17) is 13.0 Å². The lowest BCUT2D eigenvalue weighted by atomic mass is 10.2. The van der Waals surface area contributed by atoms with Crippen LogP contribution < -0.4 is 0 Å². The Bertz CT molecular complexity index is 320. The van der Waals surface area contributed by atoms with Gasteiger partial charge in [0.05, 0.1) is 0 Å². The number of hydrogen-bond donors (Lipinski definition) is 0. The Balaban J connectivity index is 4.88. The van der Waals surface area contributed by atoms with Crippen LogP contribution in [-0.4, -0.2) is 23.8 Å².